The number of anilines is 1. The first-order valence-electron chi connectivity index (χ1n) is 8.78. The van der Waals surface area contributed by atoms with Crippen LogP contribution >= 0.6 is 0 Å². The van der Waals surface area contributed by atoms with E-state index < -0.39 is 0 Å². The highest BCUT2D eigenvalue weighted by Gasteiger charge is 2.26. The van der Waals surface area contributed by atoms with E-state index in [0.717, 1.165) is 29.7 Å². The van der Waals surface area contributed by atoms with Crippen molar-refractivity contribution >= 4 is 11.2 Å². The molecular weight excluding hydrogens is 284 g/mol. The third-order valence-electron chi connectivity index (χ3n) is 5.72. The number of aromatic nitrogens is 2. The molecule has 126 valence electrons. The highest BCUT2D eigenvalue weighted by molar-refractivity contribution is 5.73. The maximum absolute atomic E-state index is 6.37. The number of nitrogens with two attached hydrogens (primary N) is 1. The molecule has 0 amide bonds. The van der Waals surface area contributed by atoms with E-state index in [9.17, 15) is 0 Å². The number of nitrogens with zero attached hydrogens (tertiary/aromatic N) is 3. The zero-order valence-corrected chi connectivity index (χ0v) is 14.6. The predicted molar refractivity (Wildman–Crippen MR) is 96.4 cm³/mol. The van der Waals surface area contributed by atoms with E-state index in [-0.39, 0.29) is 7.43 Å². The van der Waals surface area contributed by atoms with Crippen LogP contribution in [0.4, 0.5) is 5.69 Å². The Kier molecular flexibility index (Phi) is 4.37. The normalized spacial score (nSPS) is 19.0. The Labute approximate surface area is 139 Å². The number of aryl methyl sites for hydroxylation is 3. The first-order valence-corrected chi connectivity index (χ1v) is 8.78. The second-order valence-corrected chi connectivity index (χ2v) is 7.42. The smallest absolute Gasteiger partial charge is 0.0897 e. The second kappa shape index (κ2) is 6.16. The number of rotatable bonds is 4. The molecule has 0 bridgehead atoms. The number of likely N-dealkylation sites (tertiary alicyclic amines) is 1. The third kappa shape index (κ3) is 2.85. The quantitative estimate of drug-likeness (QED) is 0.696. The van der Waals surface area contributed by atoms with Gasteiger partial charge in [-0.3, -0.25) is 0 Å². The summed E-state index contributed by atoms with van der Waals surface area (Å²) >= 11 is 0. The van der Waals surface area contributed by atoms with Crippen LogP contribution in [0, 0.1) is 7.43 Å². The Hall–Kier alpha value is -1.55. The lowest BCUT2D eigenvalue weighted by Gasteiger charge is -2.28. The fraction of sp³-hybridized carbons (Fsp3) is 0.579. The summed E-state index contributed by atoms with van der Waals surface area (Å²) in [6.07, 6.45) is 8.55. The van der Waals surface area contributed by atoms with Crippen LogP contribution in [0.5, 0.6) is 0 Å². The zero-order valence-electron chi connectivity index (χ0n) is 14.6. The molecule has 4 rings (SSSR count). The highest BCUT2D eigenvalue weighted by Crippen LogP contribution is 2.28. The van der Waals surface area contributed by atoms with E-state index in [1.165, 1.54) is 67.5 Å². The van der Waals surface area contributed by atoms with Gasteiger partial charge < -0.3 is 17.6 Å². The Morgan fingerprint density at radius 2 is 1.96 bits per heavy atom. The Morgan fingerprint density at radius 1 is 1.17 bits per heavy atom. The molecule has 4 nitrogen and oxygen atoms in total. The average molecular weight is 314 g/mol. The van der Waals surface area contributed by atoms with E-state index in [1.807, 2.05) is 0 Å². The predicted octanol–water partition coefficient (Wildman–Crippen LogP) is 3.03. The molecule has 0 aromatic carbocycles. The van der Waals surface area contributed by atoms with E-state index >= 15 is 0 Å². The van der Waals surface area contributed by atoms with Crippen LogP contribution in [0.1, 0.15) is 42.6 Å². The van der Waals surface area contributed by atoms with Crippen molar-refractivity contribution in [1.82, 2.24) is 9.61 Å². The van der Waals surface area contributed by atoms with Crippen molar-refractivity contribution in [3.63, 3.8) is 0 Å². The fourth-order valence-electron chi connectivity index (χ4n) is 4.34. The molecule has 1 aliphatic carbocycles. The van der Waals surface area contributed by atoms with Crippen LogP contribution in [0.3, 0.4) is 0 Å². The van der Waals surface area contributed by atoms with Gasteiger partial charge in [-0.2, -0.15) is 5.10 Å². The van der Waals surface area contributed by atoms with E-state index in [1.54, 1.807) is 0 Å². The standard InChI is InChI=1S/C18H27N4.CH3/c1-22(11-2-3-12-22)13-5-7-15-18(19)17-10-9-14-6-4-8-16(14)21(17)20-15;/h9-10H,2-8,11-13,19H2,1H3;1H3/q+1;-1. The number of hydrogen-bond donors (Lipinski definition) is 1. The molecule has 0 atom stereocenters. The molecule has 1 fully saturated rings. The number of fused-ring (bicyclic) bond motifs is 3. The summed E-state index contributed by atoms with van der Waals surface area (Å²) in [7, 11) is 2.40. The minimum absolute atomic E-state index is 0. The molecule has 4 heteroatoms. The number of pyridine rings is 1. The van der Waals surface area contributed by atoms with Crippen LogP contribution in [0.25, 0.3) is 5.52 Å². The molecule has 1 saturated heterocycles. The number of nitrogen functional groups attached to an aromatic ring is 1. The fourth-order valence-corrected chi connectivity index (χ4v) is 4.34. The molecule has 2 aliphatic rings. The molecule has 1 aliphatic heterocycles. The van der Waals surface area contributed by atoms with Crippen LogP contribution < -0.4 is 5.73 Å². The topological polar surface area (TPSA) is 43.3 Å². The van der Waals surface area contributed by atoms with Crippen molar-refractivity contribution < 1.29 is 4.48 Å². The van der Waals surface area contributed by atoms with Gasteiger partial charge in [-0.1, -0.05) is 6.07 Å². The van der Waals surface area contributed by atoms with Crippen molar-refractivity contribution in [2.24, 2.45) is 0 Å². The molecule has 0 saturated carbocycles. The molecule has 2 aromatic heterocycles. The first kappa shape index (κ1) is 16.3. The van der Waals surface area contributed by atoms with Crippen LogP contribution in [-0.2, 0) is 19.3 Å². The summed E-state index contributed by atoms with van der Waals surface area (Å²) in [5.74, 6) is 0. The highest BCUT2D eigenvalue weighted by atomic mass is 15.3. The van der Waals surface area contributed by atoms with Crippen LogP contribution in [0.2, 0.25) is 0 Å². The van der Waals surface area contributed by atoms with Crippen molar-refractivity contribution in [2.75, 3.05) is 32.4 Å². The van der Waals surface area contributed by atoms with Gasteiger partial charge in [0.1, 0.15) is 0 Å². The van der Waals surface area contributed by atoms with Crippen molar-refractivity contribution in [1.29, 1.82) is 0 Å². The monoisotopic (exact) mass is 314 g/mol. The Balaban J connectivity index is 0.00000156. The molecule has 23 heavy (non-hydrogen) atoms. The minimum atomic E-state index is 0. The molecule has 0 radical (unpaired) electrons. The van der Waals surface area contributed by atoms with Crippen molar-refractivity contribution in [3.8, 4) is 0 Å². The largest absolute Gasteiger partial charge is 0.395 e. The Bertz CT molecular complexity index is 695. The summed E-state index contributed by atoms with van der Waals surface area (Å²) in [4.78, 5) is 0. The molecule has 2 N–H and O–H groups in total. The first-order chi connectivity index (χ1) is 10.7. The van der Waals surface area contributed by atoms with E-state index in [2.05, 4.69) is 23.7 Å². The maximum Gasteiger partial charge on any atom is 0.0897 e. The third-order valence-corrected chi connectivity index (χ3v) is 5.72. The molecule has 0 unspecified atom stereocenters. The minimum Gasteiger partial charge on any atom is -0.395 e. The van der Waals surface area contributed by atoms with Gasteiger partial charge in [0.25, 0.3) is 0 Å². The molecule has 0 spiro atoms. The Morgan fingerprint density at radius 3 is 2.74 bits per heavy atom. The van der Waals surface area contributed by atoms with Gasteiger partial charge in [0.15, 0.2) is 0 Å². The van der Waals surface area contributed by atoms with Crippen LogP contribution in [0.15, 0.2) is 12.1 Å². The zero-order chi connectivity index (χ0) is 15.2. The summed E-state index contributed by atoms with van der Waals surface area (Å²) < 4.78 is 3.36. The van der Waals surface area contributed by atoms with Gasteiger partial charge >= 0.3 is 0 Å². The summed E-state index contributed by atoms with van der Waals surface area (Å²) in [5.41, 5.74) is 12.3. The summed E-state index contributed by atoms with van der Waals surface area (Å²) in [6.45, 7) is 3.94. The van der Waals surface area contributed by atoms with Gasteiger partial charge in [0, 0.05) is 25.0 Å². The summed E-state index contributed by atoms with van der Waals surface area (Å²) in [5, 5.41) is 4.86. The lowest BCUT2D eigenvalue weighted by molar-refractivity contribution is -0.897. The lowest BCUT2D eigenvalue weighted by atomic mass is 10.1. The van der Waals surface area contributed by atoms with Crippen molar-refractivity contribution in [3.05, 3.63) is 36.5 Å². The maximum atomic E-state index is 6.37. The second-order valence-electron chi connectivity index (χ2n) is 7.42. The van der Waals surface area contributed by atoms with Gasteiger partial charge in [-0.05, 0) is 37.3 Å². The summed E-state index contributed by atoms with van der Waals surface area (Å²) in [6, 6.07) is 4.40. The SMILES string of the molecule is C[N+]1(CCCc2nn3c4c(ccc3c2N)CCC4)CCCC1.[CH3-]. The molecular formula is C19H30N4. The van der Waals surface area contributed by atoms with Gasteiger partial charge in [-0.15, -0.1) is 0 Å². The van der Waals surface area contributed by atoms with E-state index in [4.69, 9.17) is 10.8 Å². The molecule has 2 aromatic rings. The van der Waals surface area contributed by atoms with E-state index in [0.29, 0.717) is 0 Å². The van der Waals surface area contributed by atoms with Crippen LogP contribution in [-0.4, -0.2) is 40.8 Å². The number of quaternary nitrogens is 1. The van der Waals surface area contributed by atoms with Gasteiger partial charge in [0.2, 0.25) is 0 Å². The average Bonchev–Trinajstić information content (AvgIpc) is 3.20. The molecule has 3 heterocycles. The van der Waals surface area contributed by atoms with Crippen molar-refractivity contribution in [2.45, 2.75) is 44.9 Å². The van der Waals surface area contributed by atoms with Gasteiger partial charge in [0.05, 0.1) is 43.6 Å². The lowest BCUT2D eigenvalue weighted by Crippen LogP contribution is -2.41. The van der Waals surface area contributed by atoms with Gasteiger partial charge in [-0.25, -0.2) is 4.52 Å². The number of hydrogen-bond acceptors (Lipinski definition) is 2.